The molecule has 0 unspecified atom stereocenters. The quantitative estimate of drug-likeness (QED) is 0.188. The molecule has 1 rings (SSSR count). The van der Waals surface area contributed by atoms with E-state index in [0.29, 0.717) is 24.3 Å². The Kier molecular flexibility index (Phi) is 13.1. The third-order valence-electron chi connectivity index (χ3n) is 4.77. The average molecular weight is 391 g/mol. The van der Waals surface area contributed by atoms with E-state index in [9.17, 15) is 9.59 Å². The van der Waals surface area contributed by atoms with Gasteiger partial charge in [0.25, 0.3) is 0 Å². The van der Waals surface area contributed by atoms with Gasteiger partial charge >= 0.3 is 11.9 Å². The smallest absolute Gasteiger partial charge is 0.311 e. The lowest BCUT2D eigenvalue weighted by Gasteiger charge is -2.15. The summed E-state index contributed by atoms with van der Waals surface area (Å²) >= 11 is 0. The van der Waals surface area contributed by atoms with Gasteiger partial charge in [0.15, 0.2) is 11.5 Å². The van der Waals surface area contributed by atoms with Gasteiger partial charge < -0.3 is 9.47 Å². The molecule has 0 atom stereocenters. The summed E-state index contributed by atoms with van der Waals surface area (Å²) in [6.07, 6.45) is 11.9. The van der Waals surface area contributed by atoms with Crippen molar-refractivity contribution in [3.63, 3.8) is 0 Å². The zero-order chi connectivity index (χ0) is 20.6. The molecule has 0 aliphatic heterocycles. The number of hydrogen-bond acceptors (Lipinski definition) is 4. The highest BCUT2D eigenvalue weighted by Crippen LogP contribution is 2.33. The lowest BCUT2D eigenvalue weighted by atomic mass is 10.0. The largest absolute Gasteiger partial charge is 0.423 e. The van der Waals surface area contributed by atoms with E-state index in [4.69, 9.17) is 9.47 Å². The van der Waals surface area contributed by atoms with E-state index in [1.165, 1.54) is 12.8 Å². The van der Waals surface area contributed by atoms with Crippen LogP contribution >= 0.6 is 0 Å². The molecule has 0 aromatic heterocycles. The van der Waals surface area contributed by atoms with Gasteiger partial charge in [-0.2, -0.15) is 0 Å². The SMILES string of the molecule is CCCCCCc1cccc(OC(=O)CCCCC)c1OC(=O)CCCCC. The zero-order valence-electron chi connectivity index (χ0n) is 18.1. The van der Waals surface area contributed by atoms with E-state index >= 15 is 0 Å². The van der Waals surface area contributed by atoms with Crippen LogP contribution in [0, 0.1) is 0 Å². The summed E-state index contributed by atoms with van der Waals surface area (Å²) in [5, 5.41) is 0. The molecule has 1 aromatic carbocycles. The molecule has 0 fully saturated rings. The standard InChI is InChI=1S/C24H38O4/c1-4-7-10-13-15-20-16-14-17-21(27-22(25)18-11-8-5-2)24(20)28-23(26)19-12-9-6-3/h14,16-17H,4-13,15,18-19H2,1-3H3. The van der Waals surface area contributed by atoms with Gasteiger partial charge in [-0.3, -0.25) is 9.59 Å². The molecule has 0 heterocycles. The van der Waals surface area contributed by atoms with Crippen LogP contribution in [0.3, 0.4) is 0 Å². The molecule has 0 amide bonds. The molecule has 0 spiro atoms. The van der Waals surface area contributed by atoms with E-state index in [1.54, 1.807) is 6.07 Å². The lowest BCUT2D eigenvalue weighted by Crippen LogP contribution is -2.13. The fourth-order valence-corrected chi connectivity index (χ4v) is 3.07. The Hall–Kier alpha value is -1.84. The number of carbonyl (C=O) groups is 2. The fraction of sp³-hybridized carbons (Fsp3) is 0.667. The van der Waals surface area contributed by atoms with Gasteiger partial charge in [-0.1, -0.05) is 77.8 Å². The first-order chi connectivity index (χ1) is 13.6. The van der Waals surface area contributed by atoms with Crippen molar-refractivity contribution in [2.45, 2.75) is 104 Å². The van der Waals surface area contributed by atoms with Gasteiger partial charge in [0.1, 0.15) is 0 Å². The molecular formula is C24H38O4. The number of rotatable bonds is 15. The highest BCUT2D eigenvalue weighted by molar-refractivity contribution is 5.76. The molecule has 4 heteroatoms. The third-order valence-corrected chi connectivity index (χ3v) is 4.77. The van der Waals surface area contributed by atoms with Crippen molar-refractivity contribution in [1.82, 2.24) is 0 Å². The van der Waals surface area contributed by atoms with Crippen LogP contribution in [0.5, 0.6) is 11.5 Å². The molecule has 0 saturated heterocycles. The Labute approximate surface area is 171 Å². The Morgan fingerprint density at radius 3 is 1.89 bits per heavy atom. The molecule has 0 radical (unpaired) electrons. The summed E-state index contributed by atoms with van der Waals surface area (Å²) in [6.45, 7) is 6.39. The molecule has 0 saturated carbocycles. The van der Waals surface area contributed by atoms with E-state index < -0.39 is 0 Å². The second kappa shape index (κ2) is 15.1. The Morgan fingerprint density at radius 1 is 0.714 bits per heavy atom. The summed E-state index contributed by atoms with van der Waals surface area (Å²) < 4.78 is 11.3. The number of benzene rings is 1. The predicted octanol–water partition coefficient (Wildman–Crippen LogP) is 6.78. The first-order valence-electron chi connectivity index (χ1n) is 11.2. The minimum Gasteiger partial charge on any atom is -0.423 e. The molecule has 0 aliphatic carbocycles. The molecule has 1 aromatic rings. The third kappa shape index (κ3) is 9.91. The minimum atomic E-state index is -0.264. The first kappa shape index (κ1) is 24.2. The number of carbonyl (C=O) groups excluding carboxylic acids is 2. The van der Waals surface area contributed by atoms with Gasteiger partial charge in [0.2, 0.25) is 0 Å². The van der Waals surface area contributed by atoms with Gasteiger partial charge in [0.05, 0.1) is 0 Å². The van der Waals surface area contributed by atoms with Gasteiger partial charge in [-0.15, -0.1) is 0 Å². The van der Waals surface area contributed by atoms with Gasteiger partial charge in [-0.05, 0) is 37.3 Å². The monoisotopic (exact) mass is 390 g/mol. The Morgan fingerprint density at radius 2 is 1.29 bits per heavy atom. The van der Waals surface area contributed by atoms with Crippen molar-refractivity contribution in [1.29, 1.82) is 0 Å². The van der Waals surface area contributed by atoms with Crippen LogP contribution in [0.2, 0.25) is 0 Å². The summed E-state index contributed by atoms with van der Waals surface area (Å²) in [6, 6.07) is 5.56. The van der Waals surface area contributed by atoms with Crippen LogP contribution in [-0.4, -0.2) is 11.9 Å². The summed E-state index contributed by atoms with van der Waals surface area (Å²) in [7, 11) is 0. The van der Waals surface area contributed by atoms with E-state index in [-0.39, 0.29) is 11.9 Å². The van der Waals surface area contributed by atoms with Crippen LogP contribution < -0.4 is 9.47 Å². The van der Waals surface area contributed by atoms with Crippen LogP contribution in [-0.2, 0) is 16.0 Å². The number of unbranched alkanes of at least 4 members (excludes halogenated alkanes) is 7. The number of ether oxygens (including phenoxy) is 2. The molecule has 0 bridgehead atoms. The predicted molar refractivity (Wildman–Crippen MR) is 114 cm³/mol. The van der Waals surface area contributed by atoms with Crippen molar-refractivity contribution in [2.24, 2.45) is 0 Å². The van der Waals surface area contributed by atoms with Crippen LogP contribution in [0.15, 0.2) is 18.2 Å². The maximum atomic E-state index is 12.3. The number of esters is 2. The normalized spacial score (nSPS) is 10.7. The van der Waals surface area contributed by atoms with Crippen molar-refractivity contribution in [2.75, 3.05) is 0 Å². The van der Waals surface area contributed by atoms with E-state index in [2.05, 4.69) is 20.8 Å². The molecule has 0 N–H and O–H groups in total. The van der Waals surface area contributed by atoms with Crippen molar-refractivity contribution in [3.8, 4) is 11.5 Å². The van der Waals surface area contributed by atoms with Crippen LogP contribution in [0.1, 0.15) is 103 Å². The lowest BCUT2D eigenvalue weighted by molar-refractivity contribution is -0.137. The highest BCUT2D eigenvalue weighted by Gasteiger charge is 2.17. The van der Waals surface area contributed by atoms with E-state index in [1.807, 2.05) is 12.1 Å². The van der Waals surface area contributed by atoms with Crippen LogP contribution in [0.4, 0.5) is 0 Å². The zero-order valence-corrected chi connectivity index (χ0v) is 18.1. The van der Waals surface area contributed by atoms with Gasteiger partial charge in [-0.25, -0.2) is 0 Å². The average Bonchev–Trinajstić information content (AvgIpc) is 2.67. The fourth-order valence-electron chi connectivity index (χ4n) is 3.07. The molecular weight excluding hydrogens is 352 g/mol. The summed E-state index contributed by atoms with van der Waals surface area (Å²) in [4.78, 5) is 24.5. The summed E-state index contributed by atoms with van der Waals surface area (Å²) in [5.41, 5.74) is 0.943. The van der Waals surface area contributed by atoms with Crippen molar-refractivity contribution < 1.29 is 19.1 Å². The number of para-hydroxylation sites is 1. The molecule has 28 heavy (non-hydrogen) atoms. The maximum Gasteiger partial charge on any atom is 0.311 e. The van der Waals surface area contributed by atoms with Crippen molar-refractivity contribution in [3.05, 3.63) is 23.8 Å². The first-order valence-corrected chi connectivity index (χ1v) is 11.2. The molecule has 0 aliphatic rings. The van der Waals surface area contributed by atoms with E-state index in [0.717, 1.165) is 63.4 Å². The van der Waals surface area contributed by atoms with Gasteiger partial charge in [0, 0.05) is 12.8 Å². The molecule has 4 nitrogen and oxygen atoms in total. The maximum absolute atomic E-state index is 12.3. The second-order valence-corrected chi connectivity index (χ2v) is 7.42. The minimum absolute atomic E-state index is 0.252. The highest BCUT2D eigenvalue weighted by atomic mass is 16.6. The second-order valence-electron chi connectivity index (χ2n) is 7.42. The van der Waals surface area contributed by atoms with Crippen LogP contribution in [0.25, 0.3) is 0 Å². The number of hydrogen-bond donors (Lipinski definition) is 0. The Balaban J connectivity index is 2.86. The molecule has 158 valence electrons. The van der Waals surface area contributed by atoms with Crippen molar-refractivity contribution >= 4 is 11.9 Å². The topological polar surface area (TPSA) is 52.6 Å². The Bertz CT molecular complexity index is 580. The summed E-state index contributed by atoms with van der Waals surface area (Å²) in [5.74, 6) is 0.292. The number of aryl methyl sites for hydroxylation is 1.